The quantitative estimate of drug-likeness (QED) is 0.842. The molecule has 1 atom stereocenters. The fraction of sp³-hybridized carbons (Fsp3) is 0.438. The third kappa shape index (κ3) is 4.19. The highest BCUT2D eigenvalue weighted by molar-refractivity contribution is 7.89. The first kappa shape index (κ1) is 17.7. The number of rotatable bonds is 6. The molecule has 0 saturated heterocycles. The maximum atomic E-state index is 12.2. The number of nitrogens with two attached hydrogens (primary N) is 1. The predicted octanol–water partition coefficient (Wildman–Crippen LogP) is 1.83. The summed E-state index contributed by atoms with van der Waals surface area (Å²) in [4.78, 5) is 4.04. The second kappa shape index (κ2) is 6.82. The number of hydrogen-bond donors (Lipinski definition) is 2. The van der Waals surface area contributed by atoms with E-state index in [0.717, 1.165) is 5.56 Å². The van der Waals surface area contributed by atoms with Crippen molar-refractivity contribution in [1.82, 2.24) is 14.3 Å². The summed E-state index contributed by atoms with van der Waals surface area (Å²) in [6.07, 6.45) is 1.49. The standard InChI is InChI=1S/C16H24N4O2S/c1-11(2)13-5-7-14(8-6-13)15(17)9-18-23(21,22)16-10-20(4)12(3)19-16/h5-8,10-11,15,18H,9,17H2,1-4H3. The summed E-state index contributed by atoms with van der Waals surface area (Å²) in [6, 6.07) is 7.53. The van der Waals surface area contributed by atoms with Crippen LogP contribution in [0, 0.1) is 6.92 Å². The molecule has 0 bridgehead atoms. The Labute approximate surface area is 137 Å². The zero-order chi connectivity index (χ0) is 17.2. The number of aryl methyl sites for hydroxylation is 2. The number of nitrogens with one attached hydrogen (secondary N) is 1. The lowest BCUT2D eigenvalue weighted by Crippen LogP contribution is -2.32. The number of hydrogen-bond acceptors (Lipinski definition) is 4. The van der Waals surface area contributed by atoms with E-state index in [4.69, 9.17) is 5.73 Å². The normalized spacial score (nSPS) is 13.5. The summed E-state index contributed by atoms with van der Waals surface area (Å²) in [5.41, 5.74) is 8.21. The van der Waals surface area contributed by atoms with Gasteiger partial charge in [0.1, 0.15) is 5.82 Å². The molecule has 3 N–H and O–H groups in total. The van der Waals surface area contributed by atoms with Crippen molar-refractivity contribution >= 4 is 10.0 Å². The van der Waals surface area contributed by atoms with Gasteiger partial charge in [0.25, 0.3) is 10.0 Å². The highest BCUT2D eigenvalue weighted by Gasteiger charge is 2.19. The van der Waals surface area contributed by atoms with Crippen LogP contribution in [-0.2, 0) is 17.1 Å². The molecule has 126 valence electrons. The number of benzene rings is 1. The number of imidazole rings is 1. The molecule has 0 aliphatic carbocycles. The van der Waals surface area contributed by atoms with E-state index in [1.54, 1.807) is 18.5 Å². The van der Waals surface area contributed by atoms with Crippen molar-refractivity contribution in [3.63, 3.8) is 0 Å². The highest BCUT2D eigenvalue weighted by Crippen LogP contribution is 2.18. The molecule has 0 saturated carbocycles. The average molecular weight is 336 g/mol. The maximum Gasteiger partial charge on any atom is 0.259 e. The van der Waals surface area contributed by atoms with Crippen LogP contribution in [0.3, 0.4) is 0 Å². The summed E-state index contributed by atoms with van der Waals surface area (Å²) in [7, 11) is -1.90. The van der Waals surface area contributed by atoms with Crippen molar-refractivity contribution in [2.24, 2.45) is 12.8 Å². The first-order valence-electron chi connectivity index (χ1n) is 7.56. The van der Waals surface area contributed by atoms with Crippen LogP contribution in [0.4, 0.5) is 0 Å². The van der Waals surface area contributed by atoms with Crippen LogP contribution < -0.4 is 10.5 Å². The molecule has 1 aromatic carbocycles. The fourth-order valence-electron chi connectivity index (χ4n) is 2.18. The van der Waals surface area contributed by atoms with E-state index in [1.807, 2.05) is 24.3 Å². The smallest absolute Gasteiger partial charge is 0.259 e. The van der Waals surface area contributed by atoms with Gasteiger partial charge in [-0.2, -0.15) is 0 Å². The first-order valence-corrected chi connectivity index (χ1v) is 9.04. The number of aromatic nitrogens is 2. The summed E-state index contributed by atoms with van der Waals surface area (Å²) < 4.78 is 28.7. The molecule has 7 heteroatoms. The van der Waals surface area contributed by atoms with Crippen molar-refractivity contribution in [3.05, 3.63) is 47.4 Å². The molecule has 1 unspecified atom stereocenters. The van der Waals surface area contributed by atoms with Crippen molar-refractivity contribution in [2.75, 3.05) is 6.54 Å². The molecule has 0 fully saturated rings. The Hall–Kier alpha value is -1.70. The SMILES string of the molecule is Cc1nc(S(=O)(=O)NCC(N)c2ccc(C(C)C)cc2)cn1C. The Morgan fingerprint density at radius 1 is 1.22 bits per heavy atom. The van der Waals surface area contributed by atoms with Gasteiger partial charge in [0.05, 0.1) is 0 Å². The van der Waals surface area contributed by atoms with Gasteiger partial charge in [-0.25, -0.2) is 18.1 Å². The molecule has 6 nitrogen and oxygen atoms in total. The van der Waals surface area contributed by atoms with E-state index >= 15 is 0 Å². The lowest BCUT2D eigenvalue weighted by Gasteiger charge is -2.14. The van der Waals surface area contributed by atoms with Crippen LogP contribution in [-0.4, -0.2) is 24.5 Å². The molecule has 2 rings (SSSR count). The van der Waals surface area contributed by atoms with E-state index in [2.05, 4.69) is 23.6 Å². The molecule has 0 aliphatic heterocycles. The Bertz CT molecular complexity index is 744. The summed E-state index contributed by atoms with van der Waals surface area (Å²) in [6.45, 7) is 6.12. The van der Waals surface area contributed by atoms with Gasteiger partial charge < -0.3 is 10.3 Å². The van der Waals surface area contributed by atoms with Gasteiger partial charge >= 0.3 is 0 Å². The van der Waals surface area contributed by atoms with Gasteiger partial charge in [-0.1, -0.05) is 38.1 Å². The zero-order valence-corrected chi connectivity index (χ0v) is 14.8. The van der Waals surface area contributed by atoms with Gasteiger partial charge in [0.15, 0.2) is 5.03 Å². The lowest BCUT2D eigenvalue weighted by molar-refractivity contribution is 0.569. The Morgan fingerprint density at radius 2 is 1.78 bits per heavy atom. The van der Waals surface area contributed by atoms with Crippen LogP contribution in [0.25, 0.3) is 0 Å². The van der Waals surface area contributed by atoms with Crippen LogP contribution in [0.1, 0.15) is 42.8 Å². The van der Waals surface area contributed by atoms with E-state index in [9.17, 15) is 8.42 Å². The van der Waals surface area contributed by atoms with Gasteiger partial charge in [-0.3, -0.25) is 0 Å². The minimum atomic E-state index is -3.65. The molecule has 23 heavy (non-hydrogen) atoms. The largest absolute Gasteiger partial charge is 0.337 e. The molecule has 0 aliphatic rings. The molecular weight excluding hydrogens is 312 g/mol. The summed E-state index contributed by atoms with van der Waals surface area (Å²) in [5, 5.41) is 0.0138. The van der Waals surface area contributed by atoms with E-state index in [0.29, 0.717) is 11.7 Å². The zero-order valence-electron chi connectivity index (χ0n) is 13.9. The molecule has 1 heterocycles. The van der Waals surface area contributed by atoms with E-state index in [1.165, 1.54) is 11.8 Å². The van der Waals surface area contributed by atoms with Crippen molar-refractivity contribution in [2.45, 2.75) is 37.8 Å². The molecule has 0 radical (unpaired) electrons. The second-order valence-electron chi connectivity index (χ2n) is 6.02. The van der Waals surface area contributed by atoms with Gasteiger partial charge in [-0.15, -0.1) is 0 Å². The molecule has 0 spiro atoms. The van der Waals surface area contributed by atoms with Crippen molar-refractivity contribution in [3.8, 4) is 0 Å². The Morgan fingerprint density at radius 3 is 2.26 bits per heavy atom. The number of nitrogens with zero attached hydrogens (tertiary/aromatic N) is 2. The van der Waals surface area contributed by atoms with Crippen LogP contribution in [0.15, 0.2) is 35.5 Å². The first-order chi connectivity index (χ1) is 10.7. The summed E-state index contributed by atoms with van der Waals surface area (Å²) >= 11 is 0. The highest BCUT2D eigenvalue weighted by atomic mass is 32.2. The summed E-state index contributed by atoms with van der Waals surface area (Å²) in [5.74, 6) is 1.09. The monoisotopic (exact) mass is 336 g/mol. The van der Waals surface area contributed by atoms with E-state index in [-0.39, 0.29) is 11.6 Å². The van der Waals surface area contributed by atoms with E-state index < -0.39 is 16.1 Å². The molecule has 0 amide bonds. The number of sulfonamides is 1. The molecular formula is C16H24N4O2S. The minimum Gasteiger partial charge on any atom is -0.337 e. The third-order valence-corrected chi connectivity index (χ3v) is 5.18. The Balaban J connectivity index is 2.04. The van der Waals surface area contributed by atoms with Gasteiger partial charge in [0, 0.05) is 25.8 Å². The maximum absolute atomic E-state index is 12.2. The topological polar surface area (TPSA) is 90.0 Å². The predicted molar refractivity (Wildman–Crippen MR) is 90.6 cm³/mol. The Kier molecular flexibility index (Phi) is 5.23. The minimum absolute atomic E-state index is 0.0138. The van der Waals surface area contributed by atoms with Crippen molar-refractivity contribution < 1.29 is 8.42 Å². The second-order valence-corrected chi connectivity index (χ2v) is 7.73. The third-order valence-electron chi connectivity index (χ3n) is 3.89. The van der Waals surface area contributed by atoms with Crippen LogP contribution >= 0.6 is 0 Å². The van der Waals surface area contributed by atoms with Crippen molar-refractivity contribution in [1.29, 1.82) is 0 Å². The average Bonchev–Trinajstić information content (AvgIpc) is 2.85. The van der Waals surface area contributed by atoms with Gasteiger partial charge in [-0.05, 0) is 24.0 Å². The van der Waals surface area contributed by atoms with Crippen LogP contribution in [0.5, 0.6) is 0 Å². The molecule has 1 aromatic heterocycles. The lowest BCUT2D eigenvalue weighted by atomic mass is 9.99. The fourth-order valence-corrected chi connectivity index (χ4v) is 3.27. The van der Waals surface area contributed by atoms with Gasteiger partial charge in [0.2, 0.25) is 0 Å². The molecule has 2 aromatic rings. The van der Waals surface area contributed by atoms with Crippen LogP contribution in [0.2, 0.25) is 0 Å².